The lowest BCUT2D eigenvalue weighted by molar-refractivity contribution is 1.01. The second kappa shape index (κ2) is 6.72. The van der Waals surface area contributed by atoms with Gasteiger partial charge in [0.15, 0.2) is 0 Å². The van der Waals surface area contributed by atoms with Crippen LogP contribution in [0.5, 0.6) is 0 Å². The van der Waals surface area contributed by atoms with Crippen molar-refractivity contribution >= 4 is 11.8 Å². The molecule has 0 N–H and O–H groups in total. The lowest BCUT2D eigenvalue weighted by Gasteiger charge is -1.87. The van der Waals surface area contributed by atoms with Crippen LogP contribution in [-0.2, 0) is 0 Å². The number of thioether (sulfide) groups is 1. The summed E-state index contributed by atoms with van der Waals surface area (Å²) in [6.45, 7) is 4.30. The Hall–Kier alpha value is -0.690. The molecule has 0 unspecified atom stereocenters. The van der Waals surface area contributed by atoms with Crippen LogP contribution in [0.1, 0.15) is 25.3 Å². The van der Waals surface area contributed by atoms with E-state index in [-0.39, 0.29) is 0 Å². The third-order valence-corrected chi connectivity index (χ3v) is 3.13. The second-order valence-electron chi connectivity index (χ2n) is 3.41. The Morgan fingerprint density at radius 3 is 2.21 bits per heavy atom. The van der Waals surface area contributed by atoms with Crippen molar-refractivity contribution in [3.8, 4) is 0 Å². The smallest absolute Gasteiger partial charge is 0.00116 e. The molecule has 0 saturated carbocycles. The van der Waals surface area contributed by atoms with Gasteiger partial charge >= 0.3 is 0 Å². The number of hydrogen-bond donors (Lipinski definition) is 0. The normalized spacial score (nSPS) is 14.3. The maximum atomic E-state index is 2.29. The summed E-state index contributed by atoms with van der Waals surface area (Å²) in [4.78, 5) is 0. The van der Waals surface area contributed by atoms with Gasteiger partial charge in [-0.05, 0) is 25.2 Å². The van der Waals surface area contributed by atoms with Crippen LogP contribution in [0, 0.1) is 6.92 Å². The first-order valence-electron chi connectivity index (χ1n) is 5.14. The van der Waals surface area contributed by atoms with Crippen LogP contribution >= 0.6 is 11.8 Å². The Kier molecular flexibility index (Phi) is 5.46. The molecule has 1 aromatic rings. The predicted molar refractivity (Wildman–Crippen MR) is 66.6 cm³/mol. The summed E-state index contributed by atoms with van der Waals surface area (Å²) in [5, 5.41) is 2.29. The molecule has 0 amide bonds. The van der Waals surface area contributed by atoms with E-state index < -0.39 is 0 Å². The summed E-state index contributed by atoms with van der Waals surface area (Å²) in [7, 11) is 0. The fraction of sp³-hybridized carbons (Fsp3) is 0.385. The minimum Gasteiger partial charge on any atom is -0.134 e. The first kappa shape index (κ1) is 11.4. The van der Waals surface area contributed by atoms with E-state index in [0.717, 1.165) is 0 Å². The molecule has 1 heteroatoms. The minimum atomic E-state index is 1.26. The highest BCUT2D eigenvalue weighted by Gasteiger charge is 1.99. The fourth-order valence-corrected chi connectivity index (χ4v) is 2.24. The molecule has 0 bridgehead atoms. The van der Waals surface area contributed by atoms with Gasteiger partial charge in [0.1, 0.15) is 0 Å². The van der Waals surface area contributed by atoms with E-state index in [1.54, 1.807) is 5.57 Å². The third-order valence-electron chi connectivity index (χ3n) is 2.19. The molecule has 0 fully saturated rings. The summed E-state index contributed by atoms with van der Waals surface area (Å²) in [6, 6.07) is 10.3. The molecule has 1 heterocycles. The molecule has 1 aliphatic heterocycles. The predicted octanol–water partition coefficient (Wildman–Crippen LogP) is 4.41. The van der Waals surface area contributed by atoms with Gasteiger partial charge in [-0.1, -0.05) is 48.4 Å². The van der Waals surface area contributed by atoms with Crippen LogP contribution in [0.15, 0.2) is 41.3 Å². The van der Waals surface area contributed by atoms with Crippen molar-refractivity contribution in [3.63, 3.8) is 0 Å². The zero-order valence-electron chi connectivity index (χ0n) is 8.99. The summed E-state index contributed by atoms with van der Waals surface area (Å²) in [6.07, 6.45) is 2.59. The Labute approximate surface area is 91.4 Å². The van der Waals surface area contributed by atoms with Gasteiger partial charge in [-0.15, -0.1) is 11.8 Å². The molecule has 0 atom stereocenters. The quantitative estimate of drug-likeness (QED) is 0.655. The maximum absolute atomic E-state index is 2.29. The van der Waals surface area contributed by atoms with Crippen LogP contribution in [-0.4, -0.2) is 5.75 Å². The number of hydrogen-bond acceptors (Lipinski definition) is 1. The first-order chi connectivity index (χ1) is 6.83. The van der Waals surface area contributed by atoms with E-state index in [9.17, 15) is 0 Å². The van der Waals surface area contributed by atoms with Crippen molar-refractivity contribution < 1.29 is 0 Å². The monoisotopic (exact) mass is 206 g/mol. The van der Waals surface area contributed by atoms with E-state index in [1.807, 2.05) is 30.0 Å². The molecular formula is C13H18S. The summed E-state index contributed by atoms with van der Waals surface area (Å²) < 4.78 is 0. The number of aryl methyl sites for hydroxylation is 1. The topological polar surface area (TPSA) is 0 Å². The molecule has 0 aromatic heterocycles. The highest BCUT2D eigenvalue weighted by Crippen LogP contribution is 2.23. The highest BCUT2D eigenvalue weighted by molar-refractivity contribution is 8.02. The van der Waals surface area contributed by atoms with E-state index in [0.29, 0.717) is 0 Å². The molecule has 0 aliphatic carbocycles. The zero-order valence-corrected chi connectivity index (χ0v) is 9.81. The molecule has 1 aliphatic rings. The SMILES string of the molecule is CCC1=CSCC1.Cc1ccccc1. The van der Waals surface area contributed by atoms with Crippen LogP contribution < -0.4 is 0 Å². The van der Waals surface area contributed by atoms with Crippen molar-refractivity contribution in [2.45, 2.75) is 26.7 Å². The average Bonchev–Trinajstić information content (AvgIpc) is 2.72. The van der Waals surface area contributed by atoms with Gasteiger partial charge < -0.3 is 0 Å². The van der Waals surface area contributed by atoms with E-state index in [1.165, 1.54) is 24.2 Å². The molecule has 76 valence electrons. The van der Waals surface area contributed by atoms with Crippen LogP contribution in [0.2, 0.25) is 0 Å². The van der Waals surface area contributed by atoms with Gasteiger partial charge in [0.2, 0.25) is 0 Å². The van der Waals surface area contributed by atoms with Crippen LogP contribution in [0.4, 0.5) is 0 Å². The lowest BCUT2D eigenvalue weighted by Crippen LogP contribution is -1.72. The van der Waals surface area contributed by atoms with Crippen molar-refractivity contribution in [2.75, 3.05) is 5.75 Å². The van der Waals surface area contributed by atoms with Crippen molar-refractivity contribution in [3.05, 3.63) is 46.9 Å². The third kappa shape index (κ3) is 4.52. The molecule has 2 rings (SSSR count). The molecule has 0 spiro atoms. The van der Waals surface area contributed by atoms with Gasteiger partial charge in [-0.3, -0.25) is 0 Å². The average molecular weight is 206 g/mol. The van der Waals surface area contributed by atoms with Crippen LogP contribution in [0.25, 0.3) is 0 Å². The summed E-state index contributed by atoms with van der Waals surface area (Å²) >= 11 is 1.94. The van der Waals surface area contributed by atoms with Crippen LogP contribution in [0.3, 0.4) is 0 Å². The minimum absolute atomic E-state index is 1.26. The Morgan fingerprint density at radius 2 is 1.93 bits per heavy atom. The fourth-order valence-electron chi connectivity index (χ4n) is 1.22. The summed E-state index contributed by atoms with van der Waals surface area (Å²) in [5.74, 6) is 1.32. The number of allylic oxidation sites excluding steroid dienone is 1. The molecular weight excluding hydrogens is 188 g/mol. The van der Waals surface area contributed by atoms with Gasteiger partial charge in [-0.25, -0.2) is 0 Å². The Bertz CT molecular complexity index is 275. The Balaban J connectivity index is 0.000000140. The molecule has 14 heavy (non-hydrogen) atoms. The second-order valence-corrected chi connectivity index (χ2v) is 4.38. The van der Waals surface area contributed by atoms with Crippen molar-refractivity contribution in [2.24, 2.45) is 0 Å². The largest absolute Gasteiger partial charge is 0.134 e. The van der Waals surface area contributed by atoms with Gasteiger partial charge in [0, 0.05) is 5.75 Å². The van der Waals surface area contributed by atoms with E-state index in [2.05, 4.69) is 31.4 Å². The van der Waals surface area contributed by atoms with Crippen molar-refractivity contribution in [1.29, 1.82) is 0 Å². The first-order valence-corrected chi connectivity index (χ1v) is 6.19. The molecule has 0 radical (unpaired) electrons. The lowest BCUT2D eigenvalue weighted by atomic mass is 10.2. The van der Waals surface area contributed by atoms with Crippen molar-refractivity contribution in [1.82, 2.24) is 0 Å². The number of benzene rings is 1. The Morgan fingerprint density at radius 1 is 1.21 bits per heavy atom. The van der Waals surface area contributed by atoms with Gasteiger partial charge in [0.05, 0.1) is 0 Å². The standard InChI is InChI=1S/C7H8.C6H10S/c1-7-5-3-2-4-6-7;1-2-6-3-4-7-5-6/h2-6H,1H3;5H,2-4H2,1H3. The van der Waals surface area contributed by atoms with Gasteiger partial charge in [-0.2, -0.15) is 0 Å². The summed E-state index contributed by atoms with van der Waals surface area (Å²) in [5.41, 5.74) is 2.95. The zero-order chi connectivity index (χ0) is 10.2. The maximum Gasteiger partial charge on any atom is 0.00116 e. The molecule has 1 aromatic carbocycles. The molecule has 0 saturated heterocycles. The molecule has 0 nitrogen and oxygen atoms in total. The van der Waals surface area contributed by atoms with E-state index >= 15 is 0 Å². The number of rotatable bonds is 1. The highest BCUT2D eigenvalue weighted by atomic mass is 32.2. The van der Waals surface area contributed by atoms with Gasteiger partial charge in [0.25, 0.3) is 0 Å². The van der Waals surface area contributed by atoms with E-state index in [4.69, 9.17) is 0 Å².